The molecule has 1 aliphatic heterocycles. The summed E-state index contributed by atoms with van der Waals surface area (Å²) in [6.45, 7) is 3.84. The molecule has 0 spiro atoms. The zero-order valence-electron chi connectivity index (χ0n) is 20.5. The van der Waals surface area contributed by atoms with Gasteiger partial charge in [-0.3, -0.25) is 19.3 Å². The highest BCUT2D eigenvalue weighted by Crippen LogP contribution is 2.35. The van der Waals surface area contributed by atoms with Gasteiger partial charge in [0.05, 0.1) is 18.6 Å². The summed E-state index contributed by atoms with van der Waals surface area (Å²) < 4.78 is 11.1. The number of benzene rings is 3. The summed E-state index contributed by atoms with van der Waals surface area (Å²) in [5, 5.41) is 3.10. The van der Waals surface area contributed by atoms with E-state index >= 15 is 0 Å². The van der Waals surface area contributed by atoms with Crippen molar-refractivity contribution in [3.05, 3.63) is 92.8 Å². The van der Waals surface area contributed by atoms with Crippen molar-refractivity contribution in [1.82, 2.24) is 4.90 Å². The zero-order valence-corrected chi connectivity index (χ0v) is 22.1. The van der Waals surface area contributed by atoms with Gasteiger partial charge in [0.25, 0.3) is 17.1 Å². The van der Waals surface area contributed by atoms with Crippen LogP contribution >= 0.6 is 23.4 Å². The lowest BCUT2D eigenvalue weighted by Gasteiger charge is -2.13. The first-order valence-corrected chi connectivity index (χ1v) is 12.6. The van der Waals surface area contributed by atoms with Crippen molar-refractivity contribution in [2.75, 3.05) is 19.0 Å². The number of halogens is 1. The van der Waals surface area contributed by atoms with Gasteiger partial charge in [-0.05, 0) is 84.3 Å². The Hall–Kier alpha value is -3.75. The quantitative estimate of drug-likeness (QED) is 0.344. The van der Waals surface area contributed by atoms with Gasteiger partial charge in [-0.25, -0.2) is 0 Å². The summed E-state index contributed by atoms with van der Waals surface area (Å²) in [7, 11) is 1.49. The van der Waals surface area contributed by atoms with Gasteiger partial charge in [-0.1, -0.05) is 41.9 Å². The molecule has 0 aliphatic carbocycles. The number of hydrogen-bond donors (Lipinski definition) is 1. The number of ether oxygens (including phenoxy) is 2. The third-order valence-electron chi connectivity index (χ3n) is 5.64. The average Bonchev–Trinajstić information content (AvgIpc) is 3.13. The number of aryl methyl sites for hydroxylation is 2. The second kappa shape index (κ2) is 11.5. The number of rotatable bonds is 8. The van der Waals surface area contributed by atoms with Crippen molar-refractivity contribution in [3.63, 3.8) is 0 Å². The maximum atomic E-state index is 12.9. The molecule has 0 radical (unpaired) electrons. The lowest BCUT2D eigenvalue weighted by atomic mass is 10.1. The maximum Gasteiger partial charge on any atom is 0.293 e. The van der Waals surface area contributed by atoms with Crippen LogP contribution in [0.2, 0.25) is 5.02 Å². The Kier molecular flexibility index (Phi) is 8.21. The summed E-state index contributed by atoms with van der Waals surface area (Å²) >= 11 is 6.80. The van der Waals surface area contributed by atoms with Gasteiger partial charge in [-0.15, -0.1) is 0 Å². The van der Waals surface area contributed by atoms with Crippen LogP contribution in [0.15, 0.2) is 65.6 Å². The second-order valence-corrected chi connectivity index (χ2v) is 9.89. The molecule has 1 N–H and O–H groups in total. The Bertz CT molecular complexity index is 1390. The number of carbonyl (C=O) groups is 3. The number of thioether (sulfide) groups is 1. The van der Waals surface area contributed by atoms with Crippen LogP contribution < -0.4 is 14.8 Å². The van der Waals surface area contributed by atoms with E-state index in [1.165, 1.54) is 12.0 Å². The summed E-state index contributed by atoms with van der Waals surface area (Å²) in [4.78, 5) is 39.3. The van der Waals surface area contributed by atoms with E-state index in [4.69, 9.17) is 21.1 Å². The van der Waals surface area contributed by atoms with Crippen LogP contribution in [-0.2, 0) is 16.1 Å². The molecule has 0 atom stereocenters. The van der Waals surface area contributed by atoms with Crippen molar-refractivity contribution >= 4 is 52.2 Å². The summed E-state index contributed by atoms with van der Waals surface area (Å²) in [5.41, 5.74) is 4.19. The molecule has 0 unspecified atom stereocenters. The van der Waals surface area contributed by atoms with E-state index < -0.39 is 0 Å². The van der Waals surface area contributed by atoms with Crippen LogP contribution in [0.5, 0.6) is 11.5 Å². The van der Waals surface area contributed by atoms with Crippen LogP contribution in [0, 0.1) is 13.8 Å². The number of nitrogens with zero attached hydrogens (tertiary/aromatic N) is 1. The lowest BCUT2D eigenvalue weighted by molar-refractivity contribution is -0.123. The number of methoxy groups -OCH3 is 1. The predicted octanol–water partition coefficient (Wildman–Crippen LogP) is 6.22. The van der Waals surface area contributed by atoms with Gasteiger partial charge in [-0.2, -0.15) is 0 Å². The number of hydrogen-bond acceptors (Lipinski definition) is 6. The van der Waals surface area contributed by atoms with E-state index in [-0.39, 0.29) is 30.2 Å². The molecule has 3 amide bonds. The molecule has 1 saturated heterocycles. The molecule has 9 heteroatoms. The van der Waals surface area contributed by atoms with E-state index in [2.05, 4.69) is 5.32 Å². The Morgan fingerprint density at radius 3 is 2.51 bits per heavy atom. The largest absolute Gasteiger partial charge is 0.493 e. The summed E-state index contributed by atoms with van der Waals surface area (Å²) in [5.74, 6) is 0.113. The lowest BCUT2D eigenvalue weighted by Crippen LogP contribution is -2.27. The third kappa shape index (κ3) is 6.53. The number of carbonyl (C=O) groups excluding carboxylic acids is 3. The standard InChI is InChI=1S/C28H25ClN2O5S/c1-17-4-5-18(2)22(12-17)30-26(32)16-36-23-11-8-20(13-24(23)35-3)14-25-27(33)31(28(34)37-25)15-19-6-9-21(29)10-7-19/h4-14H,15-16H2,1-3H3,(H,30,32)/b25-14-. The van der Waals surface area contributed by atoms with Crippen LogP contribution in [0.3, 0.4) is 0 Å². The van der Waals surface area contributed by atoms with Crippen LogP contribution in [0.4, 0.5) is 10.5 Å². The first-order chi connectivity index (χ1) is 17.7. The van der Waals surface area contributed by atoms with Crippen molar-refractivity contribution in [2.45, 2.75) is 20.4 Å². The topological polar surface area (TPSA) is 84.9 Å². The molecule has 3 aromatic carbocycles. The number of amides is 3. The van der Waals surface area contributed by atoms with Crippen LogP contribution in [0.1, 0.15) is 22.3 Å². The maximum absolute atomic E-state index is 12.9. The highest BCUT2D eigenvalue weighted by Gasteiger charge is 2.35. The fourth-order valence-electron chi connectivity index (χ4n) is 3.65. The molecule has 7 nitrogen and oxygen atoms in total. The van der Waals surface area contributed by atoms with E-state index in [1.54, 1.807) is 48.5 Å². The average molecular weight is 537 g/mol. The smallest absolute Gasteiger partial charge is 0.293 e. The van der Waals surface area contributed by atoms with Crippen molar-refractivity contribution in [2.24, 2.45) is 0 Å². The molecule has 0 saturated carbocycles. The summed E-state index contributed by atoms with van der Waals surface area (Å²) in [6, 6.07) is 17.9. The van der Waals surface area contributed by atoms with E-state index in [0.29, 0.717) is 27.0 Å². The van der Waals surface area contributed by atoms with Gasteiger partial charge in [0, 0.05) is 10.7 Å². The second-order valence-electron chi connectivity index (χ2n) is 8.46. The molecule has 0 aromatic heterocycles. The van der Waals surface area contributed by atoms with Gasteiger partial charge >= 0.3 is 0 Å². The van der Waals surface area contributed by atoms with Crippen LogP contribution in [0.25, 0.3) is 6.08 Å². The Morgan fingerprint density at radius 1 is 1.03 bits per heavy atom. The highest BCUT2D eigenvalue weighted by atomic mass is 35.5. The molecular weight excluding hydrogens is 512 g/mol. The SMILES string of the molecule is COc1cc(/C=C2\SC(=O)N(Cc3ccc(Cl)cc3)C2=O)ccc1OCC(=O)Nc1cc(C)ccc1C. The minimum absolute atomic E-state index is 0.166. The molecule has 3 aromatic rings. The normalized spacial score (nSPS) is 14.3. The van der Waals surface area contributed by atoms with Crippen molar-refractivity contribution in [1.29, 1.82) is 0 Å². The number of imide groups is 1. The number of nitrogens with one attached hydrogen (secondary N) is 1. The summed E-state index contributed by atoms with van der Waals surface area (Å²) in [6.07, 6.45) is 1.63. The molecule has 0 bridgehead atoms. The van der Waals surface area contributed by atoms with E-state index in [1.807, 2.05) is 32.0 Å². The first-order valence-electron chi connectivity index (χ1n) is 11.4. The van der Waals surface area contributed by atoms with Gasteiger partial charge in [0.15, 0.2) is 18.1 Å². The predicted molar refractivity (Wildman–Crippen MR) is 146 cm³/mol. The molecule has 37 heavy (non-hydrogen) atoms. The van der Waals surface area contributed by atoms with Crippen molar-refractivity contribution in [3.8, 4) is 11.5 Å². The zero-order chi connectivity index (χ0) is 26.5. The molecule has 1 fully saturated rings. The molecule has 190 valence electrons. The minimum atomic E-state index is -0.368. The van der Waals surface area contributed by atoms with Gasteiger partial charge in [0.1, 0.15) is 0 Å². The molecular formula is C28H25ClN2O5S. The Morgan fingerprint density at radius 2 is 1.78 bits per heavy atom. The van der Waals surface area contributed by atoms with E-state index in [0.717, 1.165) is 34.1 Å². The highest BCUT2D eigenvalue weighted by molar-refractivity contribution is 8.18. The monoisotopic (exact) mass is 536 g/mol. The van der Waals surface area contributed by atoms with Gasteiger partial charge in [0.2, 0.25) is 0 Å². The van der Waals surface area contributed by atoms with E-state index in [9.17, 15) is 14.4 Å². The minimum Gasteiger partial charge on any atom is -0.493 e. The fraction of sp³-hybridized carbons (Fsp3) is 0.179. The molecule has 4 rings (SSSR count). The molecule has 1 aliphatic rings. The molecule has 1 heterocycles. The van der Waals surface area contributed by atoms with Crippen LogP contribution in [-0.4, -0.2) is 35.7 Å². The Balaban J connectivity index is 1.42. The third-order valence-corrected chi connectivity index (χ3v) is 6.80. The number of anilines is 1. The Labute approximate surface area is 224 Å². The fourth-order valence-corrected chi connectivity index (χ4v) is 4.62. The first kappa shape index (κ1) is 26.3. The van der Waals surface area contributed by atoms with Gasteiger partial charge < -0.3 is 14.8 Å². The van der Waals surface area contributed by atoms with Crippen molar-refractivity contribution < 1.29 is 23.9 Å².